The monoisotopic (exact) mass is 386 g/mol. The van der Waals surface area contributed by atoms with Gasteiger partial charge in [0.05, 0.1) is 14.5 Å². The van der Waals surface area contributed by atoms with Crippen molar-refractivity contribution in [2.75, 3.05) is 19.7 Å². The number of amides is 2. The lowest BCUT2D eigenvalue weighted by atomic mass is 9.53. The van der Waals surface area contributed by atoms with Crippen molar-refractivity contribution in [2.45, 2.75) is 71.0 Å². The normalized spacial score (nSPS) is 21.4. The molecule has 6 heteroatoms. The molecule has 28 heavy (non-hydrogen) atoms. The topological polar surface area (TPSA) is 72.6 Å². The molecule has 1 fully saturated rings. The van der Waals surface area contributed by atoms with Crippen LogP contribution in [0.2, 0.25) is 5.31 Å². The van der Waals surface area contributed by atoms with E-state index >= 15 is 0 Å². The number of carbonyl (C=O) groups excluding carboxylic acids is 2. The maximum Gasteiger partial charge on any atom is 0.409 e. The lowest BCUT2D eigenvalue weighted by Crippen LogP contribution is -2.46. The van der Waals surface area contributed by atoms with Crippen molar-refractivity contribution in [2.24, 2.45) is 5.73 Å². The fourth-order valence-electron chi connectivity index (χ4n) is 3.58. The standard InChI is InChI=1S/C19H28BNO2.C3H7NO/c1-4-6-11-19(20)12-13-21(18(22)23-5-2)14-17(19)16-10-8-7-9-15(16)3;1-2-3(4)5/h7-10,17H,4-6,11-14H2,1-3H3;2H2,1H3,(H2,4,5)/t17-,19+;/m0./s1. The van der Waals surface area contributed by atoms with Crippen molar-refractivity contribution in [3.63, 3.8) is 0 Å². The van der Waals surface area contributed by atoms with E-state index in [0.29, 0.717) is 26.1 Å². The minimum atomic E-state index is -0.245. The Morgan fingerprint density at radius 3 is 2.46 bits per heavy atom. The summed E-state index contributed by atoms with van der Waals surface area (Å²) in [7, 11) is 6.85. The highest BCUT2D eigenvalue weighted by Crippen LogP contribution is 2.50. The van der Waals surface area contributed by atoms with Crippen LogP contribution < -0.4 is 5.73 Å². The van der Waals surface area contributed by atoms with Crippen molar-refractivity contribution in [1.82, 2.24) is 4.90 Å². The number of nitrogens with zero attached hydrogens (tertiary/aromatic N) is 1. The van der Waals surface area contributed by atoms with Gasteiger partial charge in [-0.05, 0) is 37.3 Å². The Morgan fingerprint density at radius 2 is 1.93 bits per heavy atom. The molecule has 0 unspecified atom stereocenters. The SMILES string of the molecule is CCC(N)=O.[B][C@]1(CCCC)CCN(C(=O)OCC)C[C@H]1c1ccccc1C. The summed E-state index contributed by atoms with van der Waals surface area (Å²) < 4.78 is 5.19. The van der Waals surface area contributed by atoms with Crippen LogP contribution in [0, 0.1) is 6.92 Å². The maximum absolute atomic E-state index is 12.1. The quantitative estimate of drug-likeness (QED) is 0.740. The second-order valence-electron chi connectivity index (χ2n) is 7.46. The van der Waals surface area contributed by atoms with E-state index in [9.17, 15) is 9.59 Å². The lowest BCUT2D eigenvalue weighted by molar-refractivity contribution is -0.117. The van der Waals surface area contributed by atoms with Gasteiger partial charge in [-0.3, -0.25) is 4.79 Å². The summed E-state index contributed by atoms with van der Waals surface area (Å²) in [6.45, 7) is 9.62. The molecule has 0 aliphatic carbocycles. The molecule has 1 heterocycles. The molecule has 2 rings (SSSR count). The van der Waals surface area contributed by atoms with Crippen molar-refractivity contribution >= 4 is 19.8 Å². The first-order valence-electron chi connectivity index (χ1n) is 10.3. The lowest BCUT2D eigenvalue weighted by Gasteiger charge is -2.47. The van der Waals surface area contributed by atoms with Crippen LogP contribution >= 0.6 is 0 Å². The van der Waals surface area contributed by atoms with Crippen LogP contribution in [0.1, 0.15) is 69.9 Å². The number of nitrogens with two attached hydrogens (primary N) is 1. The number of unbranched alkanes of at least 4 members (excludes halogenated alkanes) is 1. The van der Waals surface area contributed by atoms with Gasteiger partial charge in [0, 0.05) is 19.5 Å². The molecular weight excluding hydrogens is 351 g/mol. The van der Waals surface area contributed by atoms with Crippen LogP contribution in [0.25, 0.3) is 0 Å². The Labute approximate surface area is 171 Å². The van der Waals surface area contributed by atoms with Gasteiger partial charge in [-0.1, -0.05) is 62.7 Å². The second-order valence-corrected chi connectivity index (χ2v) is 7.46. The number of hydrogen-bond donors (Lipinski definition) is 1. The van der Waals surface area contributed by atoms with Crippen LogP contribution in [0.15, 0.2) is 24.3 Å². The van der Waals surface area contributed by atoms with Crippen LogP contribution in [0.5, 0.6) is 0 Å². The summed E-state index contributed by atoms with van der Waals surface area (Å²) in [6, 6.07) is 8.39. The molecule has 0 saturated carbocycles. The Kier molecular flexibility index (Phi) is 10.1. The smallest absolute Gasteiger partial charge is 0.409 e. The van der Waals surface area contributed by atoms with Gasteiger partial charge in [0.15, 0.2) is 0 Å². The van der Waals surface area contributed by atoms with Crippen molar-refractivity contribution in [1.29, 1.82) is 0 Å². The number of hydrogen-bond acceptors (Lipinski definition) is 3. The van der Waals surface area contributed by atoms with E-state index in [1.807, 2.05) is 11.8 Å². The van der Waals surface area contributed by atoms with E-state index in [1.165, 1.54) is 11.1 Å². The fraction of sp³-hybridized carbons (Fsp3) is 0.636. The first kappa shape index (κ1) is 24.1. The third-order valence-corrected chi connectivity index (χ3v) is 5.38. The molecule has 1 aromatic carbocycles. The molecule has 0 spiro atoms. The molecule has 1 aromatic rings. The van der Waals surface area contributed by atoms with Crippen molar-refractivity contribution < 1.29 is 14.3 Å². The van der Waals surface area contributed by atoms with Crippen LogP contribution in [-0.2, 0) is 9.53 Å². The fourth-order valence-corrected chi connectivity index (χ4v) is 3.58. The van der Waals surface area contributed by atoms with Gasteiger partial charge >= 0.3 is 6.09 Å². The van der Waals surface area contributed by atoms with Gasteiger partial charge in [0.2, 0.25) is 5.91 Å². The molecule has 1 saturated heterocycles. The summed E-state index contributed by atoms with van der Waals surface area (Å²) in [4.78, 5) is 23.6. The first-order chi connectivity index (χ1) is 13.3. The zero-order valence-corrected chi connectivity index (χ0v) is 17.9. The first-order valence-corrected chi connectivity index (χ1v) is 10.3. The van der Waals surface area contributed by atoms with Gasteiger partial charge in [-0.15, -0.1) is 0 Å². The molecule has 1 aliphatic rings. The molecule has 2 N–H and O–H groups in total. The van der Waals surface area contributed by atoms with E-state index in [2.05, 4.69) is 43.8 Å². The summed E-state index contributed by atoms with van der Waals surface area (Å²) in [5, 5.41) is -0.245. The molecule has 2 atom stereocenters. The third-order valence-electron chi connectivity index (χ3n) is 5.38. The minimum absolute atomic E-state index is 0.161. The number of primary amides is 1. The predicted octanol–water partition coefficient (Wildman–Crippen LogP) is 4.34. The van der Waals surface area contributed by atoms with E-state index in [0.717, 1.165) is 25.7 Å². The van der Waals surface area contributed by atoms with Gasteiger partial charge in [0.25, 0.3) is 0 Å². The number of ether oxygens (including phenoxy) is 1. The van der Waals surface area contributed by atoms with Gasteiger partial charge in [-0.25, -0.2) is 4.79 Å². The summed E-state index contributed by atoms with van der Waals surface area (Å²) in [5.74, 6) is -0.0848. The van der Waals surface area contributed by atoms with Crippen LogP contribution in [0.3, 0.4) is 0 Å². The zero-order chi connectivity index (χ0) is 21.2. The number of aryl methyl sites for hydroxylation is 1. The average molecular weight is 386 g/mol. The van der Waals surface area contributed by atoms with Crippen LogP contribution in [0.4, 0.5) is 4.79 Å². The Hall–Kier alpha value is -1.98. The van der Waals surface area contributed by atoms with Crippen molar-refractivity contribution in [3.8, 4) is 0 Å². The van der Waals surface area contributed by atoms with Crippen molar-refractivity contribution in [3.05, 3.63) is 35.4 Å². The molecule has 5 nitrogen and oxygen atoms in total. The Morgan fingerprint density at radius 1 is 1.29 bits per heavy atom. The van der Waals surface area contributed by atoms with E-state index in [-0.39, 0.29) is 23.2 Å². The highest BCUT2D eigenvalue weighted by atomic mass is 16.6. The van der Waals surface area contributed by atoms with Gasteiger partial charge in [-0.2, -0.15) is 0 Å². The largest absolute Gasteiger partial charge is 0.450 e. The number of piperidine rings is 1. The summed E-state index contributed by atoms with van der Waals surface area (Å²) in [6.07, 6.45) is 4.31. The number of carbonyl (C=O) groups is 2. The third kappa shape index (κ3) is 6.88. The number of rotatable bonds is 6. The Balaban J connectivity index is 0.000000696. The number of likely N-dealkylation sites (tertiary alicyclic amines) is 1. The maximum atomic E-state index is 12.1. The molecule has 2 amide bonds. The minimum Gasteiger partial charge on any atom is -0.450 e. The van der Waals surface area contributed by atoms with E-state index in [4.69, 9.17) is 12.6 Å². The predicted molar refractivity (Wildman–Crippen MR) is 115 cm³/mol. The number of benzene rings is 1. The highest BCUT2D eigenvalue weighted by molar-refractivity contribution is 6.16. The second kappa shape index (κ2) is 11.8. The average Bonchev–Trinajstić information content (AvgIpc) is 2.68. The Bertz CT molecular complexity index is 638. The van der Waals surface area contributed by atoms with Crippen LogP contribution in [-0.4, -0.2) is 44.4 Å². The molecule has 0 bridgehead atoms. The highest BCUT2D eigenvalue weighted by Gasteiger charge is 2.41. The molecular formula is C22H35BN2O3. The van der Waals surface area contributed by atoms with E-state index < -0.39 is 0 Å². The molecule has 2 radical (unpaired) electrons. The van der Waals surface area contributed by atoms with E-state index in [1.54, 1.807) is 6.92 Å². The summed E-state index contributed by atoms with van der Waals surface area (Å²) >= 11 is 0. The van der Waals surface area contributed by atoms with Gasteiger partial charge in [0.1, 0.15) is 0 Å². The molecule has 0 aromatic heterocycles. The van der Waals surface area contributed by atoms with Gasteiger partial charge < -0.3 is 15.4 Å². The summed E-state index contributed by atoms with van der Waals surface area (Å²) in [5.41, 5.74) is 7.16. The molecule has 154 valence electrons. The molecule has 1 aliphatic heterocycles. The zero-order valence-electron chi connectivity index (χ0n) is 17.9.